The van der Waals surface area contributed by atoms with Crippen LogP contribution in [0.1, 0.15) is 5.56 Å². The van der Waals surface area contributed by atoms with Gasteiger partial charge in [-0.05, 0) is 36.4 Å². The summed E-state index contributed by atoms with van der Waals surface area (Å²) in [6, 6.07) is 14.1. The second-order valence-corrected chi connectivity index (χ2v) is 5.53. The fraction of sp³-hybridized carbons (Fsp3) is 0.125. The van der Waals surface area contributed by atoms with Gasteiger partial charge in [0, 0.05) is 32.8 Å². The van der Waals surface area contributed by atoms with Crippen molar-refractivity contribution in [3.8, 4) is 5.75 Å². The highest BCUT2D eigenvalue weighted by Gasteiger charge is 2.08. The summed E-state index contributed by atoms with van der Waals surface area (Å²) >= 11 is 3.57. The second-order valence-electron chi connectivity index (χ2n) is 4.68. The number of nitrogens with two attached hydrogens (primary N) is 1. The summed E-state index contributed by atoms with van der Waals surface area (Å²) in [6.07, 6.45) is 2.07. The van der Waals surface area contributed by atoms with Crippen LogP contribution in [-0.4, -0.2) is 11.7 Å². The van der Waals surface area contributed by atoms with Crippen LogP contribution in [0, 0.1) is 0 Å². The first-order chi connectivity index (χ1) is 9.69. The summed E-state index contributed by atoms with van der Waals surface area (Å²) in [7, 11) is 1.68. The molecular weight excluding hydrogens is 316 g/mol. The zero-order chi connectivity index (χ0) is 14.1. The van der Waals surface area contributed by atoms with Crippen LogP contribution in [0.5, 0.6) is 5.75 Å². The molecule has 0 radical (unpaired) electrons. The third-order valence-electron chi connectivity index (χ3n) is 3.46. The minimum atomic E-state index is 0.739. The Morgan fingerprint density at radius 1 is 1.20 bits per heavy atom. The third kappa shape index (κ3) is 2.27. The van der Waals surface area contributed by atoms with Gasteiger partial charge in [-0.2, -0.15) is 0 Å². The van der Waals surface area contributed by atoms with Crippen LogP contribution in [0.25, 0.3) is 10.9 Å². The summed E-state index contributed by atoms with van der Waals surface area (Å²) in [6.45, 7) is 0.739. The van der Waals surface area contributed by atoms with Crippen molar-refractivity contribution in [2.45, 2.75) is 6.54 Å². The highest BCUT2D eigenvalue weighted by Crippen LogP contribution is 2.27. The molecule has 0 aliphatic heterocycles. The minimum absolute atomic E-state index is 0.739. The van der Waals surface area contributed by atoms with E-state index in [1.165, 1.54) is 5.52 Å². The average molecular weight is 331 g/mol. The summed E-state index contributed by atoms with van der Waals surface area (Å²) in [5.41, 5.74) is 9.13. The lowest BCUT2D eigenvalue weighted by Crippen LogP contribution is -2.02. The second kappa shape index (κ2) is 5.21. The molecule has 0 saturated heterocycles. The van der Waals surface area contributed by atoms with Crippen LogP contribution in [0.3, 0.4) is 0 Å². The van der Waals surface area contributed by atoms with Gasteiger partial charge in [0.1, 0.15) is 5.75 Å². The lowest BCUT2D eigenvalue weighted by molar-refractivity contribution is 0.415. The Morgan fingerprint density at radius 2 is 2.05 bits per heavy atom. The molecule has 0 saturated carbocycles. The number of ether oxygens (including phenoxy) is 1. The first kappa shape index (κ1) is 13.1. The van der Waals surface area contributed by atoms with Crippen molar-refractivity contribution >= 4 is 32.5 Å². The molecule has 2 aromatic carbocycles. The monoisotopic (exact) mass is 330 g/mol. The number of nitrogens with zero attached hydrogens (tertiary/aromatic N) is 1. The van der Waals surface area contributed by atoms with Gasteiger partial charge in [-0.25, -0.2) is 0 Å². The third-order valence-corrected chi connectivity index (χ3v) is 4.20. The van der Waals surface area contributed by atoms with Crippen LogP contribution in [-0.2, 0) is 6.54 Å². The van der Waals surface area contributed by atoms with E-state index in [0.29, 0.717) is 0 Å². The van der Waals surface area contributed by atoms with E-state index in [2.05, 4.69) is 38.8 Å². The maximum Gasteiger partial charge on any atom is 0.119 e. The van der Waals surface area contributed by atoms with Gasteiger partial charge < -0.3 is 15.0 Å². The Labute approximate surface area is 126 Å². The molecule has 0 bridgehead atoms. The zero-order valence-corrected chi connectivity index (χ0v) is 12.7. The molecule has 0 fully saturated rings. The molecule has 3 nitrogen and oxygen atoms in total. The molecular formula is C16H15BrN2O. The first-order valence-corrected chi connectivity index (χ1v) is 7.14. The number of nitrogen functional groups attached to an aromatic ring is 1. The van der Waals surface area contributed by atoms with E-state index in [4.69, 9.17) is 10.5 Å². The highest BCUT2D eigenvalue weighted by molar-refractivity contribution is 9.10. The van der Waals surface area contributed by atoms with Crippen LogP contribution in [0.15, 0.2) is 53.1 Å². The molecule has 0 unspecified atom stereocenters. The lowest BCUT2D eigenvalue weighted by Gasteiger charge is -2.11. The number of methoxy groups -OCH3 is 1. The quantitative estimate of drug-likeness (QED) is 0.736. The van der Waals surface area contributed by atoms with Crippen molar-refractivity contribution in [3.05, 3.63) is 58.7 Å². The normalized spacial score (nSPS) is 10.9. The van der Waals surface area contributed by atoms with Crippen LogP contribution < -0.4 is 10.5 Å². The number of anilines is 1. The summed E-state index contributed by atoms with van der Waals surface area (Å²) in [5, 5.41) is 1.16. The van der Waals surface area contributed by atoms with Gasteiger partial charge in [-0.3, -0.25) is 0 Å². The molecule has 2 N–H and O–H groups in total. The van der Waals surface area contributed by atoms with Gasteiger partial charge in [0.15, 0.2) is 0 Å². The van der Waals surface area contributed by atoms with E-state index >= 15 is 0 Å². The van der Waals surface area contributed by atoms with Crippen LogP contribution in [0.4, 0.5) is 5.69 Å². The van der Waals surface area contributed by atoms with Crippen molar-refractivity contribution in [2.24, 2.45) is 0 Å². The zero-order valence-electron chi connectivity index (χ0n) is 11.1. The average Bonchev–Trinajstić information content (AvgIpc) is 2.85. The molecule has 1 heterocycles. The highest BCUT2D eigenvalue weighted by atomic mass is 79.9. The molecule has 0 aliphatic carbocycles. The SMILES string of the molecule is COc1ccc2c(ccn2Cc2c(N)cccc2Br)c1. The molecule has 1 aromatic heterocycles. The molecule has 0 spiro atoms. The molecule has 102 valence electrons. The van der Waals surface area contributed by atoms with Gasteiger partial charge >= 0.3 is 0 Å². The predicted molar refractivity (Wildman–Crippen MR) is 86.1 cm³/mol. The Morgan fingerprint density at radius 3 is 2.80 bits per heavy atom. The van der Waals surface area contributed by atoms with Gasteiger partial charge in [-0.1, -0.05) is 22.0 Å². The fourth-order valence-electron chi connectivity index (χ4n) is 2.36. The number of fused-ring (bicyclic) bond motifs is 1. The largest absolute Gasteiger partial charge is 0.497 e. The number of hydrogen-bond donors (Lipinski definition) is 1. The number of benzene rings is 2. The minimum Gasteiger partial charge on any atom is -0.497 e. The topological polar surface area (TPSA) is 40.2 Å². The van der Waals surface area contributed by atoms with Crippen molar-refractivity contribution in [1.29, 1.82) is 0 Å². The van der Waals surface area contributed by atoms with Crippen molar-refractivity contribution in [1.82, 2.24) is 4.57 Å². The number of halogens is 1. The van der Waals surface area contributed by atoms with E-state index in [1.54, 1.807) is 7.11 Å². The van der Waals surface area contributed by atoms with Gasteiger partial charge in [0.2, 0.25) is 0 Å². The molecule has 4 heteroatoms. The van der Waals surface area contributed by atoms with E-state index in [9.17, 15) is 0 Å². The molecule has 3 aromatic rings. The molecule has 20 heavy (non-hydrogen) atoms. The van der Waals surface area contributed by atoms with Crippen molar-refractivity contribution < 1.29 is 4.74 Å². The van der Waals surface area contributed by atoms with E-state index < -0.39 is 0 Å². The Kier molecular flexibility index (Phi) is 3.40. The number of rotatable bonds is 3. The maximum atomic E-state index is 6.06. The number of aromatic nitrogens is 1. The first-order valence-electron chi connectivity index (χ1n) is 6.35. The Balaban J connectivity index is 2.03. The maximum absolute atomic E-state index is 6.06. The van der Waals surface area contributed by atoms with E-state index in [0.717, 1.165) is 33.4 Å². The Bertz CT molecular complexity index is 744. The molecule has 3 rings (SSSR count). The van der Waals surface area contributed by atoms with Crippen molar-refractivity contribution in [2.75, 3.05) is 12.8 Å². The molecule has 0 amide bonds. The van der Waals surface area contributed by atoms with Crippen LogP contribution >= 0.6 is 15.9 Å². The standard InChI is InChI=1S/C16H15BrN2O/c1-20-12-5-6-16-11(9-12)7-8-19(16)10-13-14(17)3-2-4-15(13)18/h2-9H,10,18H2,1H3. The predicted octanol–water partition coefficient (Wildman–Crippen LogP) is 4.04. The smallest absolute Gasteiger partial charge is 0.119 e. The summed E-state index contributed by atoms with van der Waals surface area (Å²) in [5.74, 6) is 0.871. The van der Waals surface area contributed by atoms with Gasteiger partial charge in [0.05, 0.1) is 13.7 Å². The van der Waals surface area contributed by atoms with Crippen molar-refractivity contribution in [3.63, 3.8) is 0 Å². The fourth-order valence-corrected chi connectivity index (χ4v) is 2.86. The molecule has 0 aliphatic rings. The van der Waals surface area contributed by atoms with Crippen LogP contribution in [0.2, 0.25) is 0 Å². The summed E-state index contributed by atoms with van der Waals surface area (Å²) < 4.78 is 8.47. The lowest BCUT2D eigenvalue weighted by atomic mass is 10.2. The van der Waals surface area contributed by atoms with E-state index in [1.807, 2.05) is 30.3 Å². The Hall–Kier alpha value is -1.94. The van der Waals surface area contributed by atoms with Gasteiger partial charge in [-0.15, -0.1) is 0 Å². The van der Waals surface area contributed by atoms with Gasteiger partial charge in [0.25, 0.3) is 0 Å². The number of hydrogen-bond acceptors (Lipinski definition) is 2. The van der Waals surface area contributed by atoms with E-state index in [-0.39, 0.29) is 0 Å². The summed E-state index contributed by atoms with van der Waals surface area (Å²) in [4.78, 5) is 0. The molecule has 0 atom stereocenters.